The summed E-state index contributed by atoms with van der Waals surface area (Å²) in [5, 5.41) is -0.481. The Kier molecular flexibility index (Phi) is 2.61. The van der Waals surface area contributed by atoms with Gasteiger partial charge < -0.3 is 9.47 Å². The van der Waals surface area contributed by atoms with Gasteiger partial charge in [-0.3, -0.25) is 0 Å². The second kappa shape index (κ2) is 4.25. The molecule has 1 aromatic rings. The summed E-state index contributed by atoms with van der Waals surface area (Å²) in [5.74, 6) is 1.53. The van der Waals surface area contributed by atoms with Gasteiger partial charge in [-0.1, -0.05) is 12.1 Å². The smallest absolute Gasteiger partial charge is 0.161 e. The van der Waals surface area contributed by atoms with E-state index in [2.05, 4.69) is 0 Å². The van der Waals surface area contributed by atoms with Crippen molar-refractivity contribution in [3.63, 3.8) is 0 Å². The second-order valence-electron chi connectivity index (χ2n) is 5.58. The first-order valence-corrected chi connectivity index (χ1v) is 8.59. The fourth-order valence-corrected chi connectivity index (χ4v) is 5.51. The Labute approximate surface area is 118 Å². The molecule has 3 aliphatic rings. The number of rotatable bonds is 1. The van der Waals surface area contributed by atoms with Crippen LogP contribution in [-0.4, -0.2) is 32.1 Å². The van der Waals surface area contributed by atoms with Crippen LogP contribution >= 0.6 is 0 Å². The van der Waals surface area contributed by atoms with Crippen molar-refractivity contribution in [3.8, 4) is 11.5 Å². The molecule has 1 fully saturated rings. The minimum Gasteiger partial charge on any atom is -0.486 e. The summed E-state index contributed by atoms with van der Waals surface area (Å²) in [6.45, 7) is 1.15. The van der Waals surface area contributed by atoms with Crippen molar-refractivity contribution in [2.45, 2.75) is 29.8 Å². The fourth-order valence-electron chi connectivity index (χ4n) is 3.32. The lowest BCUT2D eigenvalue weighted by molar-refractivity contribution is 0.171. The molecule has 2 bridgehead atoms. The zero-order chi connectivity index (χ0) is 13.7. The highest BCUT2D eigenvalue weighted by atomic mass is 32.2. The highest BCUT2D eigenvalue weighted by Crippen LogP contribution is 2.42. The maximum absolute atomic E-state index is 12.1. The Morgan fingerprint density at radius 1 is 1.05 bits per heavy atom. The SMILES string of the molecule is O=S1(=O)C2C=C(c3ccc4c(c3)OCCO4)CC1CC2. The zero-order valence-electron chi connectivity index (χ0n) is 11.0. The lowest BCUT2D eigenvalue weighted by Crippen LogP contribution is -2.26. The predicted octanol–water partition coefficient (Wildman–Crippen LogP) is 2.19. The Morgan fingerprint density at radius 3 is 2.65 bits per heavy atom. The molecule has 3 aliphatic heterocycles. The Bertz CT molecular complexity index is 690. The van der Waals surface area contributed by atoms with Crippen molar-refractivity contribution in [2.75, 3.05) is 13.2 Å². The molecule has 0 radical (unpaired) electrons. The molecule has 20 heavy (non-hydrogen) atoms. The van der Waals surface area contributed by atoms with Gasteiger partial charge in [-0.15, -0.1) is 0 Å². The molecule has 106 valence electrons. The first-order chi connectivity index (χ1) is 9.64. The lowest BCUT2D eigenvalue weighted by Gasteiger charge is -2.23. The Morgan fingerprint density at radius 2 is 1.85 bits per heavy atom. The molecular formula is C15H16O4S. The molecule has 2 unspecified atom stereocenters. The predicted molar refractivity (Wildman–Crippen MR) is 75.8 cm³/mol. The largest absolute Gasteiger partial charge is 0.486 e. The number of sulfone groups is 1. The third-order valence-corrected chi connectivity index (χ3v) is 6.95. The van der Waals surface area contributed by atoms with Crippen molar-refractivity contribution < 1.29 is 17.9 Å². The van der Waals surface area contributed by atoms with Crippen LogP contribution < -0.4 is 9.47 Å². The van der Waals surface area contributed by atoms with Crippen molar-refractivity contribution in [2.24, 2.45) is 0 Å². The van der Waals surface area contributed by atoms with E-state index in [4.69, 9.17) is 9.47 Å². The van der Waals surface area contributed by atoms with E-state index in [9.17, 15) is 8.42 Å². The number of allylic oxidation sites excluding steroid dienone is 1. The van der Waals surface area contributed by atoms with Gasteiger partial charge in [0.25, 0.3) is 0 Å². The Balaban J connectivity index is 1.72. The fraction of sp³-hybridized carbons (Fsp3) is 0.467. The highest BCUT2D eigenvalue weighted by molar-refractivity contribution is 7.93. The summed E-state index contributed by atoms with van der Waals surface area (Å²) < 4.78 is 35.3. The van der Waals surface area contributed by atoms with Crippen LogP contribution in [0.3, 0.4) is 0 Å². The number of benzene rings is 1. The summed E-state index contributed by atoms with van der Waals surface area (Å²) in [5.41, 5.74) is 2.19. The van der Waals surface area contributed by atoms with Crippen LogP contribution in [-0.2, 0) is 9.84 Å². The monoisotopic (exact) mass is 292 g/mol. The minimum absolute atomic E-state index is 0.194. The molecule has 0 amide bonds. The van der Waals surface area contributed by atoms with Crippen molar-refractivity contribution >= 4 is 15.4 Å². The van der Waals surface area contributed by atoms with Crippen molar-refractivity contribution in [3.05, 3.63) is 29.8 Å². The van der Waals surface area contributed by atoms with Gasteiger partial charge in [0, 0.05) is 0 Å². The molecular weight excluding hydrogens is 276 g/mol. The maximum atomic E-state index is 12.1. The van der Waals surface area contributed by atoms with E-state index >= 15 is 0 Å². The van der Waals surface area contributed by atoms with E-state index in [0.717, 1.165) is 35.5 Å². The zero-order valence-corrected chi connectivity index (χ0v) is 11.9. The Hall–Kier alpha value is -1.49. The standard InChI is InChI=1S/C15H16O4S/c16-20(17)12-2-3-13(20)8-11(7-12)10-1-4-14-15(9-10)19-6-5-18-14/h1,4,7,9,12-13H,2-3,5-6,8H2. The van der Waals surface area contributed by atoms with E-state index in [-0.39, 0.29) is 10.5 Å². The summed E-state index contributed by atoms with van der Waals surface area (Å²) in [7, 11) is -2.92. The quantitative estimate of drug-likeness (QED) is 0.796. The van der Waals surface area contributed by atoms with E-state index in [1.165, 1.54) is 0 Å². The van der Waals surface area contributed by atoms with Gasteiger partial charge in [0.15, 0.2) is 21.3 Å². The summed E-state index contributed by atoms with van der Waals surface area (Å²) in [6.07, 6.45) is 4.11. The maximum Gasteiger partial charge on any atom is 0.161 e. The number of hydrogen-bond acceptors (Lipinski definition) is 4. The third kappa shape index (κ3) is 1.76. The van der Waals surface area contributed by atoms with Gasteiger partial charge in [0.05, 0.1) is 10.5 Å². The molecule has 0 aromatic heterocycles. The van der Waals surface area contributed by atoms with Crippen LogP contribution in [0.15, 0.2) is 24.3 Å². The molecule has 0 saturated carbocycles. The highest BCUT2D eigenvalue weighted by Gasteiger charge is 2.43. The van der Waals surface area contributed by atoms with Gasteiger partial charge in [0.2, 0.25) is 0 Å². The van der Waals surface area contributed by atoms with Crippen molar-refractivity contribution in [1.29, 1.82) is 0 Å². The van der Waals surface area contributed by atoms with Gasteiger partial charge >= 0.3 is 0 Å². The summed E-state index contributed by atoms with van der Waals surface area (Å²) in [6, 6.07) is 5.88. The molecule has 3 heterocycles. The second-order valence-corrected chi connectivity index (χ2v) is 8.03. The van der Waals surface area contributed by atoms with E-state index < -0.39 is 9.84 Å². The van der Waals surface area contributed by atoms with Crippen LogP contribution in [0.2, 0.25) is 0 Å². The van der Waals surface area contributed by atoms with Crippen molar-refractivity contribution in [1.82, 2.24) is 0 Å². The molecule has 1 saturated heterocycles. The topological polar surface area (TPSA) is 52.6 Å². The average molecular weight is 292 g/mol. The molecule has 4 rings (SSSR count). The van der Waals surface area contributed by atoms with Gasteiger partial charge in [-0.25, -0.2) is 8.42 Å². The molecule has 1 aromatic carbocycles. The lowest BCUT2D eigenvalue weighted by atomic mass is 10.00. The van der Waals surface area contributed by atoms with E-state index in [1.54, 1.807) is 0 Å². The molecule has 2 atom stereocenters. The summed E-state index contributed by atoms with van der Waals surface area (Å²) in [4.78, 5) is 0. The van der Waals surface area contributed by atoms with Gasteiger partial charge in [-0.2, -0.15) is 0 Å². The molecule has 0 N–H and O–H groups in total. The normalized spacial score (nSPS) is 29.9. The van der Waals surface area contributed by atoms with Crippen LogP contribution in [0.1, 0.15) is 24.8 Å². The molecule has 0 aliphatic carbocycles. The van der Waals surface area contributed by atoms with Crippen LogP contribution in [0.4, 0.5) is 0 Å². The first-order valence-electron chi connectivity index (χ1n) is 6.98. The molecule has 5 heteroatoms. The minimum atomic E-state index is -2.92. The van der Waals surface area contributed by atoms with Crippen LogP contribution in [0.5, 0.6) is 11.5 Å². The van der Waals surface area contributed by atoms with Gasteiger partial charge in [-0.05, 0) is 42.5 Å². The number of fused-ring (bicyclic) bond motifs is 3. The number of ether oxygens (including phenoxy) is 2. The third-order valence-electron chi connectivity index (χ3n) is 4.41. The van der Waals surface area contributed by atoms with E-state index in [1.807, 2.05) is 24.3 Å². The summed E-state index contributed by atoms with van der Waals surface area (Å²) >= 11 is 0. The van der Waals surface area contributed by atoms with Gasteiger partial charge in [0.1, 0.15) is 13.2 Å². The molecule has 4 nitrogen and oxygen atoms in total. The van der Waals surface area contributed by atoms with E-state index in [0.29, 0.717) is 19.6 Å². The van der Waals surface area contributed by atoms with Crippen LogP contribution in [0, 0.1) is 0 Å². The molecule has 0 spiro atoms. The van der Waals surface area contributed by atoms with Crippen LogP contribution in [0.25, 0.3) is 5.57 Å². The average Bonchev–Trinajstić information content (AvgIpc) is 2.67. The number of hydrogen-bond donors (Lipinski definition) is 0. The first kappa shape index (κ1) is 12.3.